The molecular formula is C9H12ClNO2S. The van der Waals surface area contributed by atoms with Crippen molar-refractivity contribution in [3.05, 3.63) is 28.8 Å². The lowest BCUT2D eigenvalue weighted by Gasteiger charge is -2.08. The number of benzene rings is 1. The van der Waals surface area contributed by atoms with Crippen LogP contribution in [-0.4, -0.2) is 21.7 Å². The third kappa shape index (κ3) is 2.47. The van der Waals surface area contributed by atoms with Crippen molar-refractivity contribution in [2.24, 2.45) is 0 Å². The summed E-state index contributed by atoms with van der Waals surface area (Å²) in [5.74, 6) is 0. The summed E-state index contributed by atoms with van der Waals surface area (Å²) in [4.78, 5) is 0.291. The van der Waals surface area contributed by atoms with Crippen LogP contribution >= 0.6 is 11.6 Å². The van der Waals surface area contributed by atoms with Crippen molar-refractivity contribution < 1.29 is 8.42 Å². The molecule has 0 heterocycles. The molecule has 0 aliphatic heterocycles. The highest BCUT2D eigenvalue weighted by atomic mass is 35.5. The van der Waals surface area contributed by atoms with Gasteiger partial charge >= 0.3 is 0 Å². The SMILES string of the molecule is CNCc1c(Cl)cccc1S(C)(=O)=O. The molecule has 0 saturated carbocycles. The smallest absolute Gasteiger partial charge is 0.175 e. The van der Waals surface area contributed by atoms with E-state index in [1.807, 2.05) is 0 Å². The van der Waals surface area contributed by atoms with E-state index in [2.05, 4.69) is 5.32 Å². The summed E-state index contributed by atoms with van der Waals surface area (Å²) in [7, 11) is -1.46. The Balaban J connectivity index is 3.36. The molecule has 0 aromatic heterocycles. The summed E-state index contributed by atoms with van der Waals surface area (Å²) in [6, 6.07) is 4.88. The minimum absolute atomic E-state index is 0.291. The van der Waals surface area contributed by atoms with Crippen LogP contribution in [0.2, 0.25) is 5.02 Å². The first-order valence-corrected chi connectivity index (χ1v) is 6.36. The van der Waals surface area contributed by atoms with Gasteiger partial charge in [0.1, 0.15) is 0 Å². The van der Waals surface area contributed by atoms with Crippen LogP contribution in [0.3, 0.4) is 0 Å². The zero-order chi connectivity index (χ0) is 10.8. The van der Waals surface area contributed by atoms with E-state index in [1.54, 1.807) is 25.2 Å². The van der Waals surface area contributed by atoms with Gasteiger partial charge in [0.15, 0.2) is 9.84 Å². The molecule has 78 valence electrons. The van der Waals surface area contributed by atoms with Crippen molar-refractivity contribution in [2.45, 2.75) is 11.4 Å². The van der Waals surface area contributed by atoms with E-state index in [4.69, 9.17) is 11.6 Å². The fourth-order valence-electron chi connectivity index (χ4n) is 1.23. The Morgan fingerprint density at radius 1 is 1.43 bits per heavy atom. The van der Waals surface area contributed by atoms with Gasteiger partial charge in [-0.1, -0.05) is 17.7 Å². The highest BCUT2D eigenvalue weighted by Crippen LogP contribution is 2.23. The molecule has 0 aliphatic rings. The number of rotatable bonds is 3. The lowest BCUT2D eigenvalue weighted by molar-refractivity contribution is 0.600. The quantitative estimate of drug-likeness (QED) is 0.860. The van der Waals surface area contributed by atoms with Gasteiger partial charge < -0.3 is 5.32 Å². The molecule has 14 heavy (non-hydrogen) atoms. The predicted octanol–water partition coefficient (Wildman–Crippen LogP) is 1.46. The van der Waals surface area contributed by atoms with Gasteiger partial charge in [-0.05, 0) is 19.2 Å². The maximum absolute atomic E-state index is 11.4. The van der Waals surface area contributed by atoms with Crippen LogP contribution < -0.4 is 5.32 Å². The maximum Gasteiger partial charge on any atom is 0.175 e. The largest absolute Gasteiger partial charge is 0.316 e. The number of nitrogens with one attached hydrogen (secondary N) is 1. The van der Waals surface area contributed by atoms with Crippen LogP contribution in [-0.2, 0) is 16.4 Å². The van der Waals surface area contributed by atoms with E-state index in [-0.39, 0.29) is 0 Å². The van der Waals surface area contributed by atoms with Crippen molar-refractivity contribution in [2.75, 3.05) is 13.3 Å². The highest BCUT2D eigenvalue weighted by molar-refractivity contribution is 7.90. The fraction of sp³-hybridized carbons (Fsp3) is 0.333. The third-order valence-electron chi connectivity index (χ3n) is 1.83. The summed E-state index contributed by atoms with van der Waals surface area (Å²) >= 11 is 5.91. The van der Waals surface area contributed by atoms with Crippen LogP contribution in [0.25, 0.3) is 0 Å². The minimum atomic E-state index is -3.20. The number of hydrogen-bond acceptors (Lipinski definition) is 3. The number of hydrogen-bond donors (Lipinski definition) is 1. The lowest BCUT2D eigenvalue weighted by Crippen LogP contribution is -2.11. The molecule has 1 rings (SSSR count). The monoisotopic (exact) mass is 233 g/mol. The molecule has 5 heteroatoms. The van der Waals surface area contributed by atoms with Crippen molar-refractivity contribution in [1.29, 1.82) is 0 Å². The molecule has 0 saturated heterocycles. The molecule has 0 fully saturated rings. The van der Waals surface area contributed by atoms with Crippen LogP contribution in [0, 0.1) is 0 Å². The molecule has 0 unspecified atom stereocenters. The lowest BCUT2D eigenvalue weighted by atomic mass is 10.2. The standard InChI is InChI=1S/C9H12ClNO2S/c1-11-6-7-8(10)4-3-5-9(7)14(2,12)13/h3-5,11H,6H2,1-2H3. The minimum Gasteiger partial charge on any atom is -0.316 e. The first kappa shape index (κ1) is 11.5. The molecule has 0 bridgehead atoms. The van der Waals surface area contributed by atoms with E-state index in [0.717, 1.165) is 0 Å². The molecule has 3 nitrogen and oxygen atoms in total. The second-order valence-electron chi connectivity index (χ2n) is 3.02. The normalized spacial score (nSPS) is 11.6. The van der Waals surface area contributed by atoms with Crippen LogP contribution in [0.1, 0.15) is 5.56 Å². The molecular weight excluding hydrogens is 222 g/mol. The first-order chi connectivity index (χ1) is 6.46. The zero-order valence-electron chi connectivity index (χ0n) is 8.04. The third-order valence-corrected chi connectivity index (χ3v) is 3.36. The maximum atomic E-state index is 11.4. The van der Waals surface area contributed by atoms with Crippen LogP contribution in [0.4, 0.5) is 0 Å². The first-order valence-electron chi connectivity index (χ1n) is 4.09. The number of sulfone groups is 1. The Bertz CT molecular complexity index is 428. The molecule has 0 spiro atoms. The Kier molecular flexibility index (Phi) is 3.53. The van der Waals surface area contributed by atoms with Gasteiger partial charge in [-0.3, -0.25) is 0 Å². The van der Waals surface area contributed by atoms with Crippen molar-refractivity contribution in [3.63, 3.8) is 0 Å². The van der Waals surface area contributed by atoms with Gasteiger partial charge in [-0.2, -0.15) is 0 Å². The molecule has 1 N–H and O–H groups in total. The van der Waals surface area contributed by atoms with Crippen molar-refractivity contribution in [3.8, 4) is 0 Å². The molecule has 0 atom stereocenters. The molecule has 1 aromatic rings. The van der Waals surface area contributed by atoms with Gasteiger partial charge in [0.2, 0.25) is 0 Å². The van der Waals surface area contributed by atoms with E-state index in [0.29, 0.717) is 22.0 Å². The average Bonchev–Trinajstić information content (AvgIpc) is 2.07. The fourth-order valence-corrected chi connectivity index (χ4v) is 2.49. The van der Waals surface area contributed by atoms with Gasteiger partial charge in [0.05, 0.1) is 4.90 Å². The van der Waals surface area contributed by atoms with E-state index >= 15 is 0 Å². The van der Waals surface area contributed by atoms with Gasteiger partial charge in [0, 0.05) is 23.4 Å². The van der Waals surface area contributed by atoms with Crippen LogP contribution in [0.5, 0.6) is 0 Å². The molecule has 1 aromatic carbocycles. The summed E-state index contributed by atoms with van der Waals surface area (Å²) in [6.45, 7) is 0.447. The van der Waals surface area contributed by atoms with E-state index in [9.17, 15) is 8.42 Å². The Labute approximate surface area is 89.0 Å². The second kappa shape index (κ2) is 4.29. The van der Waals surface area contributed by atoms with Gasteiger partial charge in [0.25, 0.3) is 0 Å². The Hall–Kier alpha value is -0.580. The number of halogens is 1. The van der Waals surface area contributed by atoms with Gasteiger partial charge in [-0.25, -0.2) is 8.42 Å². The van der Waals surface area contributed by atoms with E-state index < -0.39 is 9.84 Å². The van der Waals surface area contributed by atoms with Crippen LogP contribution in [0.15, 0.2) is 23.1 Å². The zero-order valence-corrected chi connectivity index (χ0v) is 9.61. The Morgan fingerprint density at radius 3 is 2.57 bits per heavy atom. The average molecular weight is 234 g/mol. The second-order valence-corrected chi connectivity index (χ2v) is 5.41. The van der Waals surface area contributed by atoms with Crippen molar-refractivity contribution >= 4 is 21.4 Å². The molecule has 0 aliphatic carbocycles. The van der Waals surface area contributed by atoms with Crippen molar-refractivity contribution in [1.82, 2.24) is 5.32 Å². The molecule has 0 amide bonds. The predicted molar refractivity (Wildman–Crippen MR) is 57.3 cm³/mol. The summed E-state index contributed by atoms with van der Waals surface area (Å²) in [6.07, 6.45) is 1.18. The molecule has 0 radical (unpaired) electrons. The summed E-state index contributed by atoms with van der Waals surface area (Å²) in [5, 5.41) is 3.36. The Morgan fingerprint density at radius 2 is 2.07 bits per heavy atom. The summed E-state index contributed by atoms with van der Waals surface area (Å²) < 4.78 is 22.8. The highest BCUT2D eigenvalue weighted by Gasteiger charge is 2.14. The van der Waals surface area contributed by atoms with E-state index in [1.165, 1.54) is 6.26 Å². The van der Waals surface area contributed by atoms with Gasteiger partial charge in [-0.15, -0.1) is 0 Å². The topological polar surface area (TPSA) is 46.2 Å². The summed E-state index contributed by atoms with van der Waals surface area (Å²) in [5.41, 5.74) is 0.624.